The molecule has 1 fully saturated rings. The lowest BCUT2D eigenvalue weighted by Gasteiger charge is -2.23. The van der Waals surface area contributed by atoms with E-state index >= 15 is 0 Å². The van der Waals surface area contributed by atoms with Gasteiger partial charge in [-0.2, -0.15) is 0 Å². The third-order valence-corrected chi connectivity index (χ3v) is 3.17. The summed E-state index contributed by atoms with van der Waals surface area (Å²) in [5, 5.41) is 20.3. The number of nitrogens with zero attached hydrogens (tertiary/aromatic N) is 2. The standard InChI is InChI=1S/C12H14N2O4/c15-12(16)11(13-7-3-4-8-13)9-5-1-2-6-10(9)14(17)18/h1-2,5-6,11H,3-4,7-8H2,(H,15,16). The van der Waals surface area contributed by atoms with E-state index in [1.54, 1.807) is 17.0 Å². The van der Waals surface area contributed by atoms with E-state index in [9.17, 15) is 20.0 Å². The number of carboxylic acid groups (broad SMARTS) is 1. The number of para-hydroxylation sites is 1. The second kappa shape index (κ2) is 5.14. The molecule has 1 aromatic carbocycles. The summed E-state index contributed by atoms with van der Waals surface area (Å²) in [7, 11) is 0. The van der Waals surface area contributed by atoms with Crippen LogP contribution in [0.25, 0.3) is 0 Å². The molecule has 1 saturated heterocycles. The van der Waals surface area contributed by atoms with Gasteiger partial charge in [0.1, 0.15) is 6.04 Å². The Morgan fingerprint density at radius 1 is 1.33 bits per heavy atom. The Balaban J connectivity index is 2.42. The summed E-state index contributed by atoms with van der Waals surface area (Å²) in [5.74, 6) is -1.04. The Morgan fingerprint density at radius 3 is 2.50 bits per heavy atom. The molecule has 1 N–H and O–H groups in total. The fourth-order valence-corrected chi connectivity index (χ4v) is 2.37. The third kappa shape index (κ3) is 2.33. The number of aliphatic carboxylic acids is 1. The molecule has 0 saturated carbocycles. The summed E-state index contributed by atoms with van der Waals surface area (Å²) in [6.07, 6.45) is 1.87. The lowest BCUT2D eigenvalue weighted by Crippen LogP contribution is -2.32. The van der Waals surface area contributed by atoms with E-state index < -0.39 is 16.9 Å². The predicted molar refractivity (Wildman–Crippen MR) is 64.3 cm³/mol. The van der Waals surface area contributed by atoms with Crippen molar-refractivity contribution in [3.63, 3.8) is 0 Å². The summed E-state index contributed by atoms with van der Waals surface area (Å²) in [6, 6.07) is 5.13. The van der Waals surface area contributed by atoms with Crippen LogP contribution in [0.2, 0.25) is 0 Å². The van der Waals surface area contributed by atoms with Crippen LogP contribution in [0.3, 0.4) is 0 Å². The van der Waals surface area contributed by atoms with Crippen molar-refractivity contribution in [1.29, 1.82) is 0 Å². The topological polar surface area (TPSA) is 83.7 Å². The molecule has 0 radical (unpaired) electrons. The van der Waals surface area contributed by atoms with Crippen LogP contribution in [0.1, 0.15) is 24.4 Å². The average molecular weight is 250 g/mol. The molecule has 6 nitrogen and oxygen atoms in total. The van der Waals surface area contributed by atoms with Gasteiger partial charge in [0.2, 0.25) is 0 Å². The molecular weight excluding hydrogens is 236 g/mol. The number of hydrogen-bond acceptors (Lipinski definition) is 4. The maximum absolute atomic E-state index is 11.4. The van der Waals surface area contributed by atoms with E-state index in [4.69, 9.17) is 0 Å². The van der Waals surface area contributed by atoms with Gasteiger partial charge in [-0.1, -0.05) is 12.1 Å². The lowest BCUT2D eigenvalue weighted by molar-refractivity contribution is -0.385. The first-order valence-corrected chi connectivity index (χ1v) is 5.81. The van der Waals surface area contributed by atoms with E-state index in [1.165, 1.54) is 12.1 Å². The maximum atomic E-state index is 11.4. The van der Waals surface area contributed by atoms with Gasteiger partial charge < -0.3 is 5.11 Å². The molecular formula is C12H14N2O4. The number of hydrogen-bond donors (Lipinski definition) is 1. The van der Waals surface area contributed by atoms with Crippen molar-refractivity contribution in [1.82, 2.24) is 4.90 Å². The van der Waals surface area contributed by atoms with Gasteiger partial charge in [-0.05, 0) is 32.0 Å². The molecule has 0 aliphatic carbocycles. The SMILES string of the molecule is O=C(O)C(c1ccccc1[N+](=O)[O-])N1CCCC1. The van der Waals surface area contributed by atoms with Gasteiger partial charge in [-0.3, -0.25) is 19.8 Å². The number of rotatable bonds is 4. The van der Waals surface area contributed by atoms with E-state index in [-0.39, 0.29) is 11.3 Å². The minimum atomic E-state index is -1.04. The Kier molecular flexibility index (Phi) is 3.57. The van der Waals surface area contributed by atoms with Gasteiger partial charge in [-0.25, -0.2) is 0 Å². The monoisotopic (exact) mass is 250 g/mol. The van der Waals surface area contributed by atoms with Gasteiger partial charge in [0.25, 0.3) is 5.69 Å². The molecule has 96 valence electrons. The molecule has 1 aromatic rings. The number of carbonyl (C=O) groups is 1. The fraction of sp³-hybridized carbons (Fsp3) is 0.417. The Morgan fingerprint density at radius 2 is 1.94 bits per heavy atom. The molecule has 1 heterocycles. The van der Waals surface area contributed by atoms with Crippen LogP contribution in [-0.4, -0.2) is 34.0 Å². The normalized spacial score (nSPS) is 17.6. The lowest BCUT2D eigenvalue weighted by atomic mass is 10.0. The van der Waals surface area contributed by atoms with Crippen LogP contribution in [0, 0.1) is 10.1 Å². The van der Waals surface area contributed by atoms with Crippen molar-refractivity contribution >= 4 is 11.7 Å². The number of nitro groups is 1. The van der Waals surface area contributed by atoms with Gasteiger partial charge in [0.05, 0.1) is 10.5 Å². The number of nitro benzene ring substituents is 1. The predicted octanol–water partition coefficient (Wildman–Crippen LogP) is 1.82. The molecule has 0 amide bonds. The zero-order chi connectivity index (χ0) is 13.1. The van der Waals surface area contributed by atoms with E-state index in [2.05, 4.69) is 0 Å². The van der Waals surface area contributed by atoms with Gasteiger partial charge in [0, 0.05) is 6.07 Å². The van der Waals surface area contributed by atoms with Crippen LogP contribution < -0.4 is 0 Å². The van der Waals surface area contributed by atoms with Crippen molar-refractivity contribution in [2.75, 3.05) is 13.1 Å². The second-order valence-electron chi connectivity index (χ2n) is 4.30. The zero-order valence-corrected chi connectivity index (χ0v) is 9.78. The molecule has 1 aliphatic heterocycles. The average Bonchev–Trinajstić information content (AvgIpc) is 2.83. The molecule has 0 aromatic heterocycles. The molecule has 1 aliphatic rings. The summed E-state index contributed by atoms with van der Waals surface area (Å²) >= 11 is 0. The number of benzene rings is 1. The summed E-state index contributed by atoms with van der Waals surface area (Å²) < 4.78 is 0. The smallest absolute Gasteiger partial charge is 0.325 e. The minimum absolute atomic E-state index is 0.128. The first-order chi connectivity index (χ1) is 8.61. The van der Waals surface area contributed by atoms with Crippen LogP contribution in [0.15, 0.2) is 24.3 Å². The van der Waals surface area contributed by atoms with Crippen molar-refractivity contribution < 1.29 is 14.8 Å². The van der Waals surface area contributed by atoms with E-state index in [0.717, 1.165) is 12.8 Å². The highest BCUT2D eigenvalue weighted by molar-refractivity contribution is 5.77. The molecule has 0 spiro atoms. The fourth-order valence-electron chi connectivity index (χ4n) is 2.37. The van der Waals surface area contributed by atoms with Crippen LogP contribution in [0.4, 0.5) is 5.69 Å². The van der Waals surface area contributed by atoms with E-state index in [1.807, 2.05) is 0 Å². The van der Waals surface area contributed by atoms with Crippen LogP contribution in [0.5, 0.6) is 0 Å². The first-order valence-electron chi connectivity index (χ1n) is 5.81. The summed E-state index contributed by atoms with van der Waals surface area (Å²) in [6.45, 7) is 1.34. The zero-order valence-electron chi connectivity index (χ0n) is 9.78. The highest BCUT2D eigenvalue weighted by Gasteiger charge is 2.33. The van der Waals surface area contributed by atoms with Crippen molar-refractivity contribution in [3.8, 4) is 0 Å². The number of likely N-dealkylation sites (tertiary alicyclic amines) is 1. The molecule has 6 heteroatoms. The van der Waals surface area contributed by atoms with Gasteiger partial charge >= 0.3 is 5.97 Å². The van der Waals surface area contributed by atoms with Crippen LogP contribution >= 0.6 is 0 Å². The molecule has 0 bridgehead atoms. The summed E-state index contributed by atoms with van der Waals surface area (Å²) in [4.78, 5) is 23.6. The Bertz CT molecular complexity index is 469. The largest absolute Gasteiger partial charge is 0.480 e. The van der Waals surface area contributed by atoms with Crippen molar-refractivity contribution in [2.24, 2.45) is 0 Å². The van der Waals surface area contributed by atoms with Gasteiger partial charge in [-0.15, -0.1) is 0 Å². The Labute approximate surface area is 104 Å². The molecule has 1 unspecified atom stereocenters. The molecule has 18 heavy (non-hydrogen) atoms. The minimum Gasteiger partial charge on any atom is -0.480 e. The van der Waals surface area contributed by atoms with Crippen molar-refractivity contribution in [3.05, 3.63) is 39.9 Å². The second-order valence-corrected chi connectivity index (χ2v) is 4.30. The maximum Gasteiger partial charge on any atom is 0.325 e. The Hall–Kier alpha value is -1.95. The first kappa shape index (κ1) is 12.5. The highest BCUT2D eigenvalue weighted by atomic mass is 16.6. The van der Waals surface area contributed by atoms with E-state index in [0.29, 0.717) is 13.1 Å². The van der Waals surface area contributed by atoms with Crippen molar-refractivity contribution in [2.45, 2.75) is 18.9 Å². The van der Waals surface area contributed by atoms with Gasteiger partial charge in [0.15, 0.2) is 0 Å². The number of carboxylic acids is 1. The molecule has 2 rings (SSSR count). The summed E-state index contributed by atoms with van der Waals surface area (Å²) in [5.41, 5.74) is 0.133. The quantitative estimate of drug-likeness (QED) is 0.650. The molecule has 1 atom stereocenters. The van der Waals surface area contributed by atoms with Crippen LogP contribution in [-0.2, 0) is 4.79 Å². The highest BCUT2D eigenvalue weighted by Crippen LogP contribution is 2.31. The third-order valence-electron chi connectivity index (χ3n) is 3.17.